The van der Waals surface area contributed by atoms with E-state index >= 15 is 0 Å². The summed E-state index contributed by atoms with van der Waals surface area (Å²) in [6.07, 6.45) is 9.21. The van der Waals surface area contributed by atoms with E-state index in [2.05, 4.69) is 15.4 Å². The summed E-state index contributed by atoms with van der Waals surface area (Å²) in [6.45, 7) is 3.90. The summed E-state index contributed by atoms with van der Waals surface area (Å²) < 4.78 is 1.70. The van der Waals surface area contributed by atoms with E-state index in [1.165, 1.54) is 32.1 Å². The normalized spacial score (nSPS) is 16.4. The van der Waals surface area contributed by atoms with Gasteiger partial charge in [0.25, 0.3) is 5.56 Å². The van der Waals surface area contributed by atoms with Gasteiger partial charge < -0.3 is 10.3 Å². The molecule has 0 saturated heterocycles. The number of carbonyl (C=O) groups excluding carboxylic acids is 1. The van der Waals surface area contributed by atoms with Crippen LogP contribution in [0.3, 0.4) is 0 Å². The highest BCUT2D eigenvalue weighted by Crippen LogP contribution is 2.21. The number of hydrogen-bond donors (Lipinski definition) is 2. The third-order valence-electron chi connectivity index (χ3n) is 5.63. The molecular weight excluding hydrogens is 328 g/mol. The maximum atomic E-state index is 12.5. The van der Waals surface area contributed by atoms with Crippen LogP contribution in [0.15, 0.2) is 4.79 Å². The quantitative estimate of drug-likeness (QED) is 0.881. The highest BCUT2D eigenvalue weighted by Gasteiger charge is 2.17. The minimum atomic E-state index is -0.114. The molecule has 0 unspecified atom stereocenters. The summed E-state index contributed by atoms with van der Waals surface area (Å²) in [4.78, 5) is 27.8. The predicted octanol–water partition coefficient (Wildman–Crippen LogP) is 3.04. The van der Waals surface area contributed by atoms with E-state index in [1.54, 1.807) is 4.68 Å². The summed E-state index contributed by atoms with van der Waals surface area (Å²) in [5, 5.41) is 8.56. The van der Waals surface area contributed by atoms with Crippen LogP contribution < -0.4 is 10.9 Å². The minimum absolute atomic E-state index is 0.0531. The highest BCUT2D eigenvalue weighted by atomic mass is 16.1. The Bertz CT molecular complexity index is 842. The van der Waals surface area contributed by atoms with Gasteiger partial charge in [0.1, 0.15) is 5.65 Å². The van der Waals surface area contributed by atoms with E-state index in [9.17, 15) is 9.59 Å². The number of aromatic nitrogens is 3. The maximum absolute atomic E-state index is 12.5. The number of nitrogens with one attached hydrogen (secondary N) is 2. The Morgan fingerprint density at radius 2 is 1.85 bits per heavy atom. The first-order valence-corrected chi connectivity index (χ1v) is 9.81. The molecule has 1 amide bonds. The molecule has 1 aliphatic rings. The second-order valence-electron chi connectivity index (χ2n) is 7.60. The molecule has 0 spiro atoms. The van der Waals surface area contributed by atoms with Gasteiger partial charge in [-0.2, -0.15) is 5.10 Å². The Balaban J connectivity index is 1.68. The zero-order chi connectivity index (χ0) is 18.7. The average molecular weight is 358 g/mol. The molecule has 6 heteroatoms. The number of fused-ring (bicyclic) bond motifs is 1. The standard InChI is InChI=1S/C20H30N4O2/c1-13-16(20(26)22-19-18(13)14(2)23-24(19)3)11-12-17(25)21-15-9-7-5-4-6-8-10-15/h15H,4-12H2,1-3H3,(H,21,25)(H,22,26). The highest BCUT2D eigenvalue weighted by molar-refractivity contribution is 5.83. The van der Waals surface area contributed by atoms with Crippen LogP contribution in [0.4, 0.5) is 0 Å². The number of hydrogen-bond acceptors (Lipinski definition) is 3. The summed E-state index contributed by atoms with van der Waals surface area (Å²) in [5.74, 6) is 0.0531. The zero-order valence-electron chi connectivity index (χ0n) is 16.2. The predicted molar refractivity (Wildman–Crippen MR) is 103 cm³/mol. The molecule has 26 heavy (non-hydrogen) atoms. The van der Waals surface area contributed by atoms with E-state index in [1.807, 2.05) is 20.9 Å². The lowest BCUT2D eigenvalue weighted by Crippen LogP contribution is -2.35. The summed E-state index contributed by atoms with van der Waals surface area (Å²) in [6, 6.07) is 0.297. The molecule has 0 atom stereocenters. The molecule has 2 aromatic heterocycles. The van der Waals surface area contributed by atoms with Gasteiger partial charge in [-0.05, 0) is 38.7 Å². The molecule has 0 bridgehead atoms. The van der Waals surface area contributed by atoms with Gasteiger partial charge in [0, 0.05) is 30.5 Å². The van der Waals surface area contributed by atoms with Gasteiger partial charge in [-0.1, -0.05) is 32.1 Å². The fourth-order valence-corrected chi connectivity index (χ4v) is 4.19. The molecule has 2 N–H and O–H groups in total. The van der Waals surface area contributed by atoms with Gasteiger partial charge in [-0.3, -0.25) is 14.3 Å². The first-order valence-electron chi connectivity index (χ1n) is 9.81. The van der Waals surface area contributed by atoms with Crippen molar-refractivity contribution in [3.05, 3.63) is 27.2 Å². The van der Waals surface area contributed by atoms with Crippen molar-refractivity contribution >= 4 is 16.9 Å². The first kappa shape index (κ1) is 18.7. The fourth-order valence-electron chi connectivity index (χ4n) is 4.19. The Hall–Kier alpha value is -2.11. The molecule has 1 aliphatic carbocycles. The van der Waals surface area contributed by atoms with Crippen molar-refractivity contribution in [1.29, 1.82) is 0 Å². The number of pyridine rings is 1. The SMILES string of the molecule is Cc1nn(C)c2[nH]c(=O)c(CCC(=O)NC3CCCCCCC3)c(C)c12. The maximum Gasteiger partial charge on any atom is 0.253 e. The third-order valence-corrected chi connectivity index (χ3v) is 5.63. The molecule has 2 aromatic rings. The van der Waals surface area contributed by atoms with Crippen molar-refractivity contribution in [3.8, 4) is 0 Å². The van der Waals surface area contributed by atoms with Crippen molar-refractivity contribution in [2.45, 2.75) is 77.7 Å². The Kier molecular flexibility index (Phi) is 5.79. The lowest BCUT2D eigenvalue weighted by atomic mass is 9.96. The van der Waals surface area contributed by atoms with Crippen molar-refractivity contribution in [2.24, 2.45) is 7.05 Å². The van der Waals surface area contributed by atoms with E-state index in [-0.39, 0.29) is 11.5 Å². The number of carbonyl (C=O) groups is 1. The molecule has 0 radical (unpaired) electrons. The lowest BCUT2D eigenvalue weighted by Gasteiger charge is -2.21. The van der Waals surface area contributed by atoms with Crippen molar-refractivity contribution in [1.82, 2.24) is 20.1 Å². The molecular formula is C20H30N4O2. The number of aromatic amines is 1. The fraction of sp³-hybridized carbons (Fsp3) is 0.650. The van der Waals surface area contributed by atoms with Gasteiger partial charge >= 0.3 is 0 Å². The molecule has 3 rings (SSSR count). The van der Waals surface area contributed by atoms with E-state index < -0.39 is 0 Å². The van der Waals surface area contributed by atoms with Crippen molar-refractivity contribution in [3.63, 3.8) is 0 Å². The van der Waals surface area contributed by atoms with E-state index in [4.69, 9.17) is 0 Å². The largest absolute Gasteiger partial charge is 0.353 e. The minimum Gasteiger partial charge on any atom is -0.353 e. The molecule has 6 nitrogen and oxygen atoms in total. The Labute approximate surface area is 154 Å². The molecule has 1 fully saturated rings. The smallest absolute Gasteiger partial charge is 0.253 e. The number of nitrogens with zero attached hydrogens (tertiary/aromatic N) is 2. The Morgan fingerprint density at radius 3 is 2.54 bits per heavy atom. The monoisotopic (exact) mass is 358 g/mol. The number of rotatable bonds is 4. The first-order chi connectivity index (χ1) is 12.5. The van der Waals surface area contributed by atoms with Gasteiger partial charge in [0.15, 0.2) is 0 Å². The van der Waals surface area contributed by atoms with Crippen LogP contribution in [0.5, 0.6) is 0 Å². The Morgan fingerprint density at radius 1 is 1.19 bits per heavy atom. The van der Waals surface area contributed by atoms with E-state index in [0.717, 1.165) is 35.1 Å². The zero-order valence-corrected chi connectivity index (χ0v) is 16.2. The van der Waals surface area contributed by atoms with Crippen LogP contribution in [0.2, 0.25) is 0 Å². The van der Waals surface area contributed by atoms with Gasteiger partial charge in [-0.15, -0.1) is 0 Å². The second kappa shape index (κ2) is 8.06. The van der Waals surface area contributed by atoms with Crippen LogP contribution >= 0.6 is 0 Å². The molecule has 2 heterocycles. The summed E-state index contributed by atoms with van der Waals surface area (Å²) >= 11 is 0. The van der Waals surface area contributed by atoms with Crippen molar-refractivity contribution < 1.29 is 4.79 Å². The number of amides is 1. The van der Waals surface area contributed by atoms with Crippen LogP contribution in [-0.2, 0) is 18.3 Å². The van der Waals surface area contributed by atoms with Crippen molar-refractivity contribution in [2.75, 3.05) is 0 Å². The number of aryl methyl sites for hydroxylation is 3. The molecule has 1 saturated carbocycles. The molecule has 0 aromatic carbocycles. The van der Waals surface area contributed by atoms with Gasteiger partial charge in [-0.25, -0.2) is 0 Å². The van der Waals surface area contributed by atoms with Gasteiger partial charge in [0.05, 0.1) is 5.69 Å². The van der Waals surface area contributed by atoms with Gasteiger partial charge in [0.2, 0.25) is 5.91 Å². The van der Waals surface area contributed by atoms with Crippen LogP contribution in [0.1, 0.15) is 68.2 Å². The second-order valence-corrected chi connectivity index (χ2v) is 7.60. The lowest BCUT2D eigenvalue weighted by molar-refractivity contribution is -0.121. The van der Waals surface area contributed by atoms with Crippen LogP contribution in [0.25, 0.3) is 11.0 Å². The third kappa shape index (κ3) is 4.00. The average Bonchev–Trinajstić information content (AvgIpc) is 2.83. The number of H-pyrrole nitrogens is 1. The molecule has 142 valence electrons. The van der Waals surface area contributed by atoms with E-state index in [0.29, 0.717) is 24.4 Å². The summed E-state index contributed by atoms with van der Waals surface area (Å²) in [7, 11) is 1.83. The topological polar surface area (TPSA) is 79.8 Å². The summed E-state index contributed by atoms with van der Waals surface area (Å²) in [5.41, 5.74) is 3.16. The molecule has 0 aliphatic heterocycles. The van der Waals surface area contributed by atoms with Crippen LogP contribution in [-0.4, -0.2) is 26.7 Å². The van der Waals surface area contributed by atoms with Crippen LogP contribution in [0, 0.1) is 13.8 Å².